The first-order valence-corrected chi connectivity index (χ1v) is 11.8. The summed E-state index contributed by atoms with van der Waals surface area (Å²) in [6.45, 7) is 9.40. The summed E-state index contributed by atoms with van der Waals surface area (Å²) in [6.07, 6.45) is 2.25. The van der Waals surface area contributed by atoms with Crippen molar-refractivity contribution in [1.82, 2.24) is 14.8 Å². The Kier molecular flexibility index (Phi) is 7.54. The minimum Gasteiger partial charge on any atom is -0.465 e. The van der Waals surface area contributed by atoms with Crippen LogP contribution in [0.3, 0.4) is 0 Å². The maximum Gasteiger partial charge on any atom is 0.341 e. The number of aromatic nitrogens is 3. The first-order valence-electron chi connectivity index (χ1n) is 9.97. The van der Waals surface area contributed by atoms with Crippen molar-refractivity contribution >= 4 is 40.0 Å². The number of amides is 1. The van der Waals surface area contributed by atoms with Crippen LogP contribution in [0, 0.1) is 13.8 Å². The van der Waals surface area contributed by atoms with Crippen LogP contribution in [0.25, 0.3) is 0 Å². The van der Waals surface area contributed by atoms with E-state index in [0.29, 0.717) is 22.3 Å². The third-order valence-corrected chi connectivity index (χ3v) is 7.12. The molecule has 0 saturated carbocycles. The van der Waals surface area contributed by atoms with E-state index in [2.05, 4.69) is 33.9 Å². The Morgan fingerprint density at radius 3 is 2.77 bits per heavy atom. The van der Waals surface area contributed by atoms with E-state index in [9.17, 15) is 9.59 Å². The fourth-order valence-corrected chi connectivity index (χ4v) is 5.17. The summed E-state index contributed by atoms with van der Waals surface area (Å²) in [5.74, 6) is 0.632. The molecule has 3 heterocycles. The van der Waals surface area contributed by atoms with E-state index in [1.807, 2.05) is 13.8 Å². The average Bonchev–Trinajstić information content (AvgIpc) is 3.41. The van der Waals surface area contributed by atoms with Gasteiger partial charge < -0.3 is 19.4 Å². The number of carbonyl (C=O) groups is 2. The summed E-state index contributed by atoms with van der Waals surface area (Å²) in [7, 11) is 1.34. The molecule has 0 radical (unpaired) electrons. The number of ether oxygens (including phenoxy) is 2. The molecule has 1 saturated heterocycles. The van der Waals surface area contributed by atoms with Gasteiger partial charge in [0, 0.05) is 17.4 Å². The van der Waals surface area contributed by atoms with Crippen molar-refractivity contribution in [1.29, 1.82) is 0 Å². The minimum absolute atomic E-state index is 0.159. The van der Waals surface area contributed by atoms with E-state index < -0.39 is 5.97 Å². The second kappa shape index (κ2) is 9.93. The van der Waals surface area contributed by atoms with Gasteiger partial charge in [0.15, 0.2) is 5.16 Å². The van der Waals surface area contributed by atoms with Gasteiger partial charge in [0.25, 0.3) is 0 Å². The van der Waals surface area contributed by atoms with Gasteiger partial charge in [-0.15, -0.1) is 21.5 Å². The zero-order valence-electron chi connectivity index (χ0n) is 18.0. The lowest BCUT2D eigenvalue weighted by Crippen LogP contribution is -2.19. The fourth-order valence-electron chi connectivity index (χ4n) is 3.35. The summed E-state index contributed by atoms with van der Waals surface area (Å²) >= 11 is 2.71. The predicted octanol–water partition coefficient (Wildman–Crippen LogP) is 3.78. The minimum atomic E-state index is -0.447. The van der Waals surface area contributed by atoms with E-state index in [1.165, 1.54) is 30.2 Å². The molecular weight excluding hydrogens is 424 g/mol. The Balaban J connectivity index is 1.69. The maximum absolute atomic E-state index is 12.6. The smallest absolute Gasteiger partial charge is 0.341 e. The Morgan fingerprint density at radius 2 is 2.13 bits per heavy atom. The Labute approximate surface area is 184 Å². The molecule has 0 bridgehead atoms. The zero-order chi connectivity index (χ0) is 21.8. The maximum atomic E-state index is 12.6. The Bertz CT molecular complexity index is 916. The van der Waals surface area contributed by atoms with Gasteiger partial charge in [0.05, 0.1) is 31.1 Å². The summed E-state index contributed by atoms with van der Waals surface area (Å²) in [6, 6.07) is 0. The molecule has 1 aliphatic rings. The second-order valence-corrected chi connectivity index (χ2v) is 9.72. The van der Waals surface area contributed by atoms with Gasteiger partial charge >= 0.3 is 5.97 Å². The van der Waals surface area contributed by atoms with Crippen LogP contribution in [-0.2, 0) is 20.8 Å². The standard InChI is InChI=1S/C20H28N4O4S2/c1-11(2)17-22-23-20(24(17)9-14-7-6-8-28-14)29-10-15(25)21-18-16(19(26)27-5)12(3)13(4)30-18/h11,14H,6-10H2,1-5H3,(H,21,25). The van der Waals surface area contributed by atoms with E-state index in [-0.39, 0.29) is 23.7 Å². The van der Waals surface area contributed by atoms with Crippen LogP contribution in [0.1, 0.15) is 59.2 Å². The molecular formula is C20H28N4O4S2. The van der Waals surface area contributed by atoms with Crippen molar-refractivity contribution < 1.29 is 19.1 Å². The van der Waals surface area contributed by atoms with Crippen LogP contribution in [0.15, 0.2) is 5.16 Å². The fraction of sp³-hybridized carbons (Fsp3) is 0.600. The number of aryl methyl sites for hydroxylation is 1. The van der Waals surface area contributed by atoms with E-state index >= 15 is 0 Å². The molecule has 1 unspecified atom stereocenters. The topological polar surface area (TPSA) is 95.3 Å². The highest BCUT2D eigenvalue weighted by molar-refractivity contribution is 7.99. The third-order valence-electron chi connectivity index (χ3n) is 5.03. The van der Waals surface area contributed by atoms with Crippen molar-refractivity contribution in [2.24, 2.45) is 0 Å². The lowest BCUT2D eigenvalue weighted by atomic mass is 10.1. The van der Waals surface area contributed by atoms with E-state index in [0.717, 1.165) is 35.7 Å². The van der Waals surface area contributed by atoms with E-state index in [4.69, 9.17) is 9.47 Å². The molecule has 2 aromatic heterocycles. The van der Waals surface area contributed by atoms with Crippen LogP contribution in [-0.4, -0.2) is 52.2 Å². The summed E-state index contributed by atoms with van der Waals surface area (Å²) < 4.78 is 12.7. The number of rotatable bonds is 8. The first-order chi connectivity index (χ1) is 14.3. The number of esters is 1. The number of methoxy groups -OCH3 is 1. The third kappa shape index (κ3) is 5.04. The number of carbonyl (C=O) groups excluding carboxylic acids is 2. The molecule has 2 aromatic rings. The summed E-state index contributed by atoms with van der Waals surface area (Å²) in [5, 5.41) is 12.7. The lowest BCUT2D eigenvalue weighted by Gasteiger charge is -2.15. The molecule has 1 fully saturated rings. The van der Waals surface area contributed by atoms with Crippen LogP contribution in [0.2, 0.25) is 0 Å². The van der Waals surface area contributed by atoms with Gasteiger partial charge in [-0.25, -0.2) is 4.79 Å². The number of hydrogen-bond acceptors (Lipinski definition) is 8. The van der Waals surface area contributed by atoms with Gasteiger partial charge in [-0.3, -0.25) is 4.79 Å². The quantitative estimate of drug-likeness (QED) is 0.481. The molecule has 10 heteroatoms. The molecule has 1 N–H and O–H groups in total. The second-order valence-electron chi connectivity index (χ2n) is 7.56. The van der Waals surface area contributed by atoms with Gasteiger partial charge in [0.2, 0.25) is 5.91 Å². The molecule has 0 aliphatic carbocycles. The number of thioether (sulfide) groups is 1. The molecule has 30 heavy (non-hydrogen) atoms. The number of nitrogens with zero attached hydrogens (tertiary/aromatic N) is 3. The van der Waals surface area contributed by atoms with Gasteiger partial charge in [-0.05, 0) is 32.3 Å². The number of anilines is 1. The number of nitrogens with one attached hydrogen (secondary N) is 1. The normalized spacial score (nSPS) is 16.3. The molecule has 0 spiro atoms. The summed E-state index contributed by atoms with van der Waals surface area (Å²) in [4.78, 5) is 25.7. The van der Waals surface area contributed by atoms with Crippen LogP contribution in [0.5, 0.6) is 0 Å². The predicted molar refractivity (Wildman–Crippen MR) is 118 cm³/mol. The monoisotopic (exact) mass is 452 g/mol. The number of hydrogen-bond donors (Lipinski definition) is 1. The molecule has 1 amide bonds. The van der Waals surface area contributed by atoms with Crippen molar-refractivity contribution in [2.45, 2.75) is 64.3 Å². The molecule has 8 nitrogen and oxygen atoms in total. The molecule has 0 aromatic carbocycles. The van der Waals surface area contributed by atoms with Crippen molar-refractivity contribution in [3.63, 3.8) is 0 Å². The van der Waals surface area contributed by atoms with Gasteiger partial charge in [-0.1, -0.05) is 25.6 Å². The highest BCUT2D eigenvalue weighted by Crippen LogP contribution is 2.33. The molecule has 3 rings (SSSR count). The van der Waals surface area contributed by atoms with E-state index in [1.54, 1.807) is 0 Å². The van der Waals surface area contributed by atoms with Gasteiger partial charge in [0.1, 0.15) is 10.8 Å². The van der Waals surface area contributed by atoms with Crippen molar-refractivity contribution in [3.8, 4) is 0 Å². The van der Waals surface area contributed by atoms with Crippen molar-refractivity contribution in [3.05, 3.63) is 21.8 Å². The highest BCUT2D eigenvalue weighted by Gasteiger charge is 2.24. The largest absolute Gasteiger partial charge is 0.465 e. The van der Waals surface area contributed by atoms with Crippen LogP contribution in [0.4, 0.5) is 5.00 Å². The van der Waals surface area contributed by atoms with Gasteiger partial charge in [-0.2, -0.15) is 0 Å². The first kappa shape index (κ1) is 22.8. The lowest BCUT2D eigenvalue weighted by molar-refractivity contribution is -0.113. The Morgan fingerprint density at radius 1 is 1.37 bits per heavy atom. The zero-order valence-corrected chi connectivity index (χ0v) is 19.6. The average molecular weight is 453 g/mol. The SMILES string of the molecule is COC(=O)c1c(NC(=O)CSc2nnc(C(C)C)n2CC2CCCO2)sc(C)c1C. The van der Waals surface area contributed by atoms with Crippen LogP contribution >= 0.6 is 23.1 Å². The molecule has 1 atom stereocenters. The van der Waals surface area contributed by atoms with Crippen molar-refractivity contribution in [2.75, 3.05) is 24.8 Å². The molecule has 164 valence electrons. The summed E-state index contributed by atoms with van der Waals surface area (Å²) in [5.41, 5.74) is 1.25. The van der Waals surface area contributed by atoms with Crippen LogP contribution < -0.4 is 5.32 Å². The highest BCUT2D eigenvalue weighted by atomic mass is 32.2. The Hall–Kier alpha value is -1.91. The number of thiophene rings is 1. The molecule has 1 aliphatic heterocycles.